The fourth-order valence-corrected chi connectivity index (χ4v) is 2.63. The van der Waals surface area contributed by atoms with E-state index in [0.29, 0.717) is 13.0 Å². The molecule has 0 radical (unpaired) electrons. The van der Waals surface area contributed by atoms with Gasteiger partial charge in [-0.25, -0.2) is 0 Å². The lowest BCUT2D eigenvalue weighted by Gasteiger charge is -2.27. The van der Waals surface area contributed by atoms with Crippen LogP contribution in [0.2, 0.25) is 0 Å². The maximum Gasteiger partial charge on any atom is 0.306 e. The van der Waals surface area contributed by atoms with E-state index in [0.717, 1.165) is 29.5 Å². The van der Waals surface area contributed by atoms with Crippen LogP contribution in [0.1, 0.15) is 31.4 Å². The molecule has 1 heterocycles. The molecule has 17 heavy (non-hydrogen) atoms. The number of halogens is 1. The molecule has 2 atom stereocenters. The molecule has 2 rings (SSSR count). The Bertz CT molecular complexity index is 391. The molecular weight excluding hydrogens is 286 g/mol. The van der Waals surface area contributed by atoms with Crippen LogP contribution in [0, 0.1) is 5.92 Å². The Labute approximate surface area is 109 Å². The molecule has 0 spiro atoms. The van der Waals surface area contributed by atoms with E-state index in [1.54, 1.807) is 6.26 Å². The summed E-state index contributed by atoms with van der Waals surface area (Å²) in [5.74, 6) is -0.000538. The minimum atomic E-state index is -0.671. The van der Waals surface area contributed by atoms with Crippen LogP contribution in [0.3, 0.4) is 0 Å². The lowest BCUT2D eigenvalue weighted by atomic mass is 9.86. The number of nitrogens with one attached hydrogen (secondary N) is 1. The van der Waals surface area contributed by atoms with Crippen LogP contribution in [0.25, 0.3) is 0 Å². The van der Waals surface area contributed by atoms with Gasteiger partial charge in [-0.15, -0.1) is 0 Å². The van der Waals surface area contributed by atoms with Crippen molar-refractivity contribution < 1.29 is 14.3 Å². The average molecular weight is 302 g/mol. The number of carboxylic acid groups (broad SMARTS) is 1. The number of carbonyl (C=O) groups is 1. The van der Waals surface area contributed by atoms with Crippen molar-refractivity contribution in [1.82, 2.24) is 5.32 Å². The summed E-state index contributed by atoms with van der Waals surface area (Å²) in [5.41, 5.74) is 0. The first kappa shape index (κ1) is 12.6. The highest BCUT2D eigenvalue weighted by atomic mass is 79.9. The molecular formula is C12H16BrNO3. The molecule has 0 aromatic carbocycles. The second kappa shape index (κ2) is 5.69. The van der Waals surface area contributed by atoms with Crippen molar-refractivity contribution in [2.45, 2.75) is 38.3 Å². The summed E-state index contributed by atoms with van der Waals surface area (Å²) in [6.45, 7) is 0.643. The van der Waals surface area contributed by atoms with Gasteiger partial charge >= 0.3 is 5.97 Å². The van der Waals surface area contributed by atoms with Crippen LogP contribution in [0.4, 0.5) is 0 Å². The third kappa shape index (κ3) is 3.33. The lowest BCUT2D eigenvalue weighted by molar-refractivity contribution is -0.143. The van der Waals surface area contributed by atoms with Crippen molar-refractivity contribution in [2.24, 2.45) is 5.92 Å². The number of carboxylic acids is 1. The van der Waals surface area contributed by atoms with E-state index in [1.165, 1.54) is 0 Å². The molecule has 0 bridgehead atoms. The summed E-state index contributed by atoms with van der Waals surface area (Å²) in [5, 5.41) is 12.4. The quantitative estimate of drug-likeness (QED) is 0.898. The normalized spacial score (nSPS) is 24.8. The topological polar surface area (TPSA) is 62.5 Å². The smallest absolute Gasteiger partial charge is 0.306 e. The van der Waals surface area contributed by atoms with Crippen molar-refractivity contribution in [3.05, 3.63) is 22.6 Å². The van der Waals surface area contributed by atoms with E-state index >= 15 is 0 Å². The van der Waals surface area contributed by atoms with Crippen LogP contribution >= 0.6 is 15.9 Å². The fraction of sp³-hybridized carbons (Fsp3) is 0.583. The molecule has 0 aliphatic heterocycles. The van der Waals surface area contributed by atoms with Crippen molar-refractivity contribution >= 4 is 21.9 Å². The van der Waals surface area contributed by atoms with Gasteiger partial charge in [-0.1, -0.05) is 6.42 Å². The second-order valence-electron chi connectivity index (χ2n) is 4.47. The number of aliphatic carboxylic acids is 1. The minimum Gasteiger partial charge on any atom is -0.481 e. The predicted molar refractivity (Wildman–Crippen MR) is 66.6 cm³/mol. The van der Waals surface area contributed by atoms with E-state index in [9.17, 15) is 4.79 Å². The standard InChI is InChI=1S/C12H16BrNO3/c13-10-4-5-17-11(10)7-14-9-3-1-2-8(6-9)12(15)16/h4-5,8-9,14H,1-3,6-7H2,(H,15,16). The van der Waals surface area contributed by atoms with Gasteiger partial charge < -0.3 is 14.8 Å². The Morgan fingerprint density at radius 1 is 1.59 bits per heavy atom. The number of rotatable bonds is 4. The largest absolute Gasteiger partial charge is 0.481 e. The van der Waals surface area contributed by atoms with Gasteiger partial charge in [0.1, 0.15) is 5.76 Å². The van der Waals surface area contributed by atoms with Crippen molar-refractivity contribution in [2.75, 3.05) is 0 Å². The molecule has 1 aliphatic rings. The Balaban J connectivity index is 1.83. The Morgan fingerprint density at radius 2 is 2.41 bits per heavy atom. The Hall–Kier alpha value is -0.810. The first-order valence-corrected chi connectivity index (χ1v) is 6.64. The second-order valence-corrected chi connectivity index (χ2v) is 5.33. The lowest BCUT2D eigenvalue weighted by Crippen LogP contribution is -2.36. The van der Waals surface area contributed by atoms with E-state index in [-0.39, 0.29) is 12.0 Å². The van der Waals surface area contributed by atoms with E-state index in [2.05, 4.69) is 21.2 Å². The number of hydrogen-bond acceptors (Lipinski definition) is 3. The molecule has 4 nitrogen and oxygen atoms in total. The zero-order valence-electron chi connectivity index (χ0n) is 9.49. The van der Waals surface area contributed by atoms with Gasteiger partial charge in [-0.2, -0.15) is 0 Å². The first-order chi connectivity index (χ1) is 8.16. The summed E-state index contributed by atoms with van der Waals surface area (Å²) in [6.07, 6.45) is 5.18. The zero-order chi connectivity index (χ0) is 12.3. The highest BCUT2D eigenvalue weighted by molar-refractivity contribution is 9.10. The molecule has 1 saturated carbocycles. The third-order valence-corrected chi connectivity index (χ3v) is 3.97. The molecule has 2 N–H and O–H groups in total. The summed E-state index contributed by atoms with van der Waals surface area (Å²) < 4.78 is 6.26. The van der Waals surface area contributed by atoms with Gasteiger partial charge in [0.25, 0.3) is 0 Å². The van der Waals surface area contributed by atoms with E-state index < -0.39 is 5.97 Å². The van der Waals surface area contributed by atoms with Gasteiger partial charge in [-0.05, 0) is 41.3 Å². The van der Waals surface area contributed by atoms with Gasteiger partial charge in [0.05, 0.1) is 23.2 Å². The summed E-state index contributed by atoms with van der Waals surface area (Å²) in [7, 11) is 0. The molecule has 2 unspecified atom stereocenters. The third-order valence-electron chi connectivity index (χ3n) is 3.27. The SMILES string of the molecule is O=C(O)C1CCCC(NCc2occc2Br)C1. The van der Waals surface area contributed by atoms with Crippen LogP contribution in [-0.2, 0) is 11.3 Å². The Kier molecular flexibility index (Phi) is 4.23. The van der Waals surface area contributed by atoms with E-state index in [1.807, 2.05) is 6.07 Å². The van der Waals surface area contributed by atoms with Crippen LogP contribution in [0.15, 0.2) is 21.2 Å². The van der Waals surface area contributed by atoms with Crippen LogP contribution in [-0.4, -0.2) is 17.1 Å². The highest BCUT2D eigenvalue weighted by Gasteiger charge is 2.26. The highest BCUT2D eigenvalue weighted by Crippen LogP contribution is 2.25. The van der Waals surface area contributed by atoms with Crippen LogP contribution < -0.4 is 5.32 Å². The zero-order valence-corrected chi connectivity index (χ0v) is 11.1. The molecule has 1 fully saturated rings. The number of hydrogen-bond donors (Lipinski definition) is 2. The summed E-state index contributed by atoms with van der Waals surface area (Å²) in [4.78, 5) is 10.9. The van der Waals surface area contributed by atoms with Crippen molar-refractivity contribution in [3.63, 3.8) is 0 Å². The van der Waals surface area contributed by atoms with Gasteiger partial charge in [0, 0.05) is 6.04 Å². The minimum absolute atomic E-state index is 0.193. The maximum absolute atomic E-state index is 10.9. The molecule has 0 saturated heterocycles. The van der Waals surface area contributed by atoms with E-state index in [4.69, 9.17) is 9.52 Å². The molecule has 1 aromatic rings. The van der Waals surface area contributed by atoms with Gasteiger partial charge in [0.2, 0.25) is 0 Å². The molecule has 1 aliphatic carbocycles. The summed E-state index contributed by atoms with van der Waals surface area (Å²) in [6, 6.07) is 2.14. The van der Waals surface area contributed by atoms with Gasteiger partial charge in [-0.3, -0.25) is 4.79 Å². The maximum atomic E-state index is 10.9. The fourth-order valence-electron chi connectivity index (χ4n) is 2.29. The predicted octanol–water partition coefficient (Wildman–Crippen LogP) is 2.78. The average Bonchev–Trinajstić information content (AvgIpc) is 2.72. The Morgan fingerprint density at radius 3 is 3.06 bits per heavy atom. The first-order valence-electron chi connectivity index (χ1n) is 5.85. The molecule has 1 aromatic heterocycles. The van der Waals surface area contributed by atoms with Gasteiger partial charge in [0.15, 0.2) is 0 Å². The molecule has 94 valence electrons. The molecule has 0 amide bonds. The molecule has 5 heteroatoms. The van der Waals surface area contributed by atoms with Crippen molar-refractivity contribution in [1.29, 1.82) is 0 Å². The van der Waals surface area contributed by atoms with Crippen molar-refractivity contribution in [3.8, 4) is 0 Å². The summed E-state index contributed by atoms with van der Waals surface area (Å²) >= 11 is 3.40. The van der Waals surface area contributed by atoms with Crippen LogP contribution in [0.5, 0.6) is 0 Å². The monoisotopic (exact) mass is 301 g/mol. The number of furan rings is 1.